The molecule has 1 atom stereocenters. The summed E-state index contributed by atoms with van der Waals surface area (Å²) in [4.78, 5) is 35.2. The number of nitrogens with two attached hydrogens (primary N) is 1. The van der Waals surface area contributed by atoms with Gasteiger partial charge in [-0.1, -0.05) is 17.7 Å². The Morgan fingerprint density at radius 3 is 2.70 bits per heavy atom. The van der Waals surface area contributed by atoms with Gasteiger partial charge in [-0.15, -0.1) is 11.3 Å². The Bertz CT molecular complexity index is 759. The summed E-state index contributed by atoms with van der Waals surface area (Å²) in [6, 6.07) is 7.71. The number of carbonyl (C=O) groups is 3. The van der Waals surface area contributed by atoms with Gasteiger partial charge in [0.1, 0.15) is 5.00 Å². The number of primary amides is 1. The van der Waals surface area contributed by atoms with E-state index in [1.54, 1.807) is 17.5 Å². The molecule has 1 unspecified atom stereocenters. The first-order valence-electron chi connectivity index (χ1n) is 6.53. The molecule has 2 rings (SSSR count). The Labute approximate surface area is 141 Å². The molecule has 0 saturated heterocycles. The Balaban J connectivity index is 2.01. The molecule has 0 spiro atoms. The number of halogens is 1. The third kappa shape index (κ3) is 4.30. The number of benzene rings is 1. The average molecular weight is 353 g/mol. The highest BCUT2D eigenvalue weighted by Crippen LogP contribution is 2.23. The molecule has 0 aliphatic heterocycles. The summed E-state index contributed by atoms with van der Waals surface area (Å²) in [5.41, 5.74) is 5.65. The minimum atomic E-state index is -1.05. The van der Waals surface area contributed by atoms with Crippen LogP contribution in [0.1, 0.15) is 27.6 Å². The molecule has 2 aromatic rings. The smallest absolute Gasteiger partial charge is 0.338 e. The number of hydrogen-bond acceptors (Lipinski definition) is 5. The molecule has 2 amide bonds. The molecule has 0 fully saturated rings. The van der Waals surface area contributed by atoms with Crippen LogP contribution >= 0.6 is 22.9 Å². The third-order valence-corrected chi connectivity index (χ3v) is 3.95. The van der Waals surface area contributed by atoms with Crippen molar-refractivity contribution >= 4 is 45.7 Å². The normalized spacial score (nSPS) is 11.6. The number of nitrogens with one attached hydrogen (secondary N) is 1. The van der Waals surface area contributed by atoms with Gasteiger partial charge in [-0.2, -0.15) is 0 Å². The van der Waals surface area contributed by atoms with Gasteiger partial charge >= 0.3 is 5.97 Å². The van der Waals surface area contributed by atoms with Crippen LogP contribution in [0.25, 0.3) is 0 Å². The zero-order valence-electron chi connectivity index (χ0n) is 12.0. The number of hydrogen-bond donors (Lipinski definition) is 2. The van der Waals surface area contributed by atoms with Crippen molar-refractivity contribution in [1.29, 1.82) is 0 Å². The monoisotopic (exact) mass is 352 g/mol. The SMILES string of the molecule is CC(OC(=O)c1cccc(Cl)c1)C(=O)Nc1sccc1C(N)=O. The van der Waals surface area contributed by atoms with Gasteiger partial charge in [-0.05, 0) is 36.6 Å². The van der Waals surface area contributed by atoms with E-state index >= 15 is 0 Å². The van der Waals surface area contributed by atoms with Crippen molar-refractivity contribution in [3.63, 3.8) is 0 Å². The van der Waals surface area contributed by atoms with Gasteiger partial charge < -0.3 is 15.8 Å². The predicted octanol–water partition coefficient (Wildman–Crippen LogP) is 2.68. The first-order chi connectivity index (χ1) is 10.9. The van der Waals surface area contributed by atoms with Crippen molar-refractivity contribution in [2.45, 2.75) is 13.0 Å². The fraction of sp³-hybridized carbons (Fsp3) is 0.133. The second-order valence-electron chi connectivity index (χ2n) is 4.57. The molecule has 0 aliphatic carbocycles. The lowest BCUT2D eigenvalue weighted by molar-refractivity contribution is -0.123. The van der Waals surface area contributed by atoms with Crippen molar-refractivity contribution in [2.75, 3.05) is 5.32 Å². The second-order valence-corrected chi connectivity index (χ2v) is 5.93. The number of ether oxygens (including phenoxy) is 1. The standard InChI is InChI=1S/C15H13ClN2O4S/c1-8(22-15(21)9-3-2-4-10(16)7-9)13(20)18-14-11(12(17)19)5-6-23-14/h2-8H,1H3,(H2,17,19)(H,18,20). The van der Waals surface area contributed by atoms with Gasteiger partial charge in [0.2, 0.25) is 0 Å². The van der Waals surface area contributed by atoms with Crippen LogP contribution in [0.15, 0.2) is 35.7 Å². The Kier molecular flexibility index (Phi) is 5.36. The number of carbonyl (C=O) groups excluding carboxylic acids is 3. The molecule has 8 heteroatoms. The van der Waals surface area contributed by atoms with Crippen molar-refractivity contribution < 1.29 is 19.1 Å². The molecular formula is C15H13ClN2O4S. The zero-order valence-corrected chi connectivity index (χ0v) is 13.6. The summed E-state index contributed by atoms with van der Waals surface area (Å²) in [7, 11) is 0. The maximum atomic E-state index is 12.1. The maximum absolute atomic E-state index is 12.1. The lowest BCUT2D eigenvalue weighted by atomic mass is 10.2. The number of amides is 2. The summed E-state index contributed by atoms with van der Waals surface area (Å²) in [6.07, 6.45) is -1.05. The van der Waals surface area contributed by atoms with Gasteiger partial charge in [0.25, 0.3) is 11.8 Å². The second kappa shape index (κ2) is 7.26. The zero-order chi connectivity index (χ0) is 17.0. The van der Waals surface area contributed by atoms with Crippen molar-refractivity contribution in [2.24, 2.45) is 5.73 Å². The molecule has 1 aromatic heterocycles. The van der Waals surface area contributed by atoms with Crippen molar-refractivity contribution in [3.05, 3.63) is 51.9 Å². The minimum Gasteiger partial charge on any atom is -0.449 e. The molecule has 120 valence electrons. The molecule has 3 N–H and O–H groups in total. The van der Waals surface area contributed by atoms with Crippen LogP contribution in [0, 0.1) is 0 Å². The molecule has 0 bridgehead atoms. The lowest BCUT2D eigenvalue weighted by Gasteiger charge is -2.13. The predicted molar refractivity (Wildman–Crippen MR) is 87.8 cm³/mol. The Morgan fingerprint density at radius 2 is 2.04 bits per heavy atom. The summed E-state index contributed by atoms with van der Waals surface area (Å²) in [5, 5.41) is 4.84. The van der Waals surface area contributed by atoms with E-state index < -0.39 is 23.9 Å². The van der Waals surface area contributed by atoms with Gasteiger partial charge in [0.15, 0.2) is 6.10 Å². The maximum Gasteiger partial charge on any atom is 0.338 e. The summed E-state index contributed by atoms with van der Waals surface area (Å²) in [5.74, 6) is -1.88. The molecule has 6 nitrogen and oxygen atoms in total. The van der Waals surface area contributed by atoms with E-state index in [2.05, 4.69) is 5.32 Å². The molecule has 0 radical (unpaired) electrons. The van der Waals surface area contributed by atoms with E-state index in [-0.39, 0.29) is 11.1 Å². The van der Waals surface area contributed by atoms with Gasteiger partial charge in [-0.25, -0.2) is 4.79 Å². The van der Waals surface area contributed by atoms with E-state index in [1.807, 2.05) is 0 Å². The molecular weight excluding hydrogens is 340 g/mol. The molecule has 1 heterocycles. The summed E-state index contributed by atoms with van der Waals surface area (Å²) in [6.45, 7) is 1.43. The van der Waals surface area contributed by atoms with Crippen LogP contribution in [0.2, 0.25) is 5.02 Å². The van der Waals surface area contributed by atoms with E-state index in [9.17, 15) is 14.4 Å². The number of esters is 1. The van der Waals surface area contributed by atoms with Crippen LogP contribution < -0.4 is 11.1 Å². The van der Waals surface area contributed by atoms with Crippen LogP contribution in [0.4, 0.5) is 5.00 Å². The van der Waals surface area contributed by atoms with Crippen molar-refractivity contribution in [1.82, 2.24) is 0 Å². The Hall–Kier alpha value is -2.38. The summed E-state index contributed by atoms with van der Waals surface area (Å²) >= 11 is 6.95. The lowest BCUT2D eigenvalue weighted by Crippen LogP contribution is -2.30. The Morgan fingerprint density at radius 1 is 1.30 bits per heavy atom. The molecule has 23 heavy (non-hydrogen) atoms. The number of thiophene rings is 1. The molecule has 1 aromatic carbocycles. The summed E-state index contributed by atoms with van der Waals surface area (Å²) < 4.78 is 5.08. The third-order valence-electron chi connectivity index (χ3n) is 2.88. The highest BCUT2D eigenvalue weighted by molar-refractivity contribution is 7.14. The quantitative estimate of drug-likeness (QED) is 0.808. The largest absolute Gasteiger partial charge is 0.449 e. The van der Waals surface area contributed by atoms with E-state index in [4.69, 9.17) is 22.1 Å². The highest BCUT2D eigenvalue weighted by Gasteiger charge is 2.21. The van der Waals surface area contributed by atoms with E-state index in [0.717, 1.165) is 11.3 Å². The first kappa shape index (κ1) is 17.0. The topological polar surface area (TPSA) is 98.5 Å². The molecule has 0 aliphatic rings. The van der Waals surface area contributed by atoms with Gasteiger partial charge in [-0.3, -0.25) is 9.59 Å². The van der Waals surface area contributed by atoms with E-state index in [0.29, 0.717) is 10.0 Å². The first-order valence-corrected chi connectivity index (χ1v) is 7.79. The van der Waals surface area contributed by atoms with Crippen LogP contribution in [0.5, 0.6) is 0 Å². The van der Waals surface area contributed by atoms with Gasteiger partial charge in [0, 0.05) is 5.02 Å². The van der Waals surface area contributed by atoms with Crippen LogP contribution in [-0.4, -0.2) is 23.9 Å². The van der Waals surface area contributed by atoms with Crippen LogP contribution in [-0.2, 0) is 9.53 Å². The van der Waals surface area contributed by atoms with E-state index in [1.165, 1.54) is 25.1 Å². The molecule has 0 saturated carbocycles. The number of anilines is 1. The fourth-order valence-electron chi connectivity index (χ4n) is 1.71. The minimum absolute atomic E-state index is 0.205. The average Bonchev–Trinajstić information content (AvgIpc) is 2.95. The fourth-order valence-corrected chi connectivity index (χ4v) is 2.70. The van der Waals surface area contributed by atoms with Gasteiger partial charge in [0.05, 0.1) is 11.1 Å². The van der Waals surface area contributed by atoms with Crippen molar-refractivity contribution in [3.8, 4) is 0 Å². The number of rotatable bonds is 5. The van der Waals surface area contributed by atoms with Crippen LogP contribution in [0.3, 0.4) is 0 Å². The highest BCUT2D eigenvalue weighted by atomic mass is 35.5.